The van der Waals surface area contributed by atoms with E-state index in [1.807, 2.05) is 6.20 Å². The van der Waals surface area contributed by atoms with Gasteiger partial charge in [0.25, 0.3) is 0 Å². The maximum atomic E-state index is 4.58. The van der Waals surface area contributed by atoms with Crippen LogP contribution in [0.3, 0.4) is 0 Å². The van der Waals surface area contributed by atoms with Crippen LogP contribution in [0.4, 0.5) is 0 Å². The Morgan fingerprint density at radius 1 is 1.47 bits per heavy atom. The molecular weight excluding hydrogens is 228 g/mol. The highest BCUT2D eigenvalue weighted by Gasteiger charge is 2.31. The number of thiophene rings is 1. The lowest BCUT2D eigenvalue weighted by molar-refractivity contribution is 0.470. The van der Waals surface area contributed by atoms with Gasteiger partial charge < -0.3 is 5.32 Å². The van der Waals surface area contributed by atoms with E-state index < -0.39 is 0 Å². The fraction of sp³-hybridized carbons (Fsp3) is 0.500. The van der Waals surface area contributed by atoms with Crippen molar-refractivity contribution in [2.45, 2.75) is 32.2 Å². The molecule has 2 aromatic heterocycles. The second-order valence-corrected chi connectivity index (χ2v) is 5.74. The Morgan fingerprint density at radius 2 is 2.35 bits per heavy atom. The van der Waals surface area contributed by atoms with Crippen molar-refractivity contribution in [2.75, 3.05) is 6.54 Å². The minimum atomic E-state index is 0.623. The van der Waals surface area contributed by atoms with Gasteiger partial charge in [-0.05, 0) is 42.8 Å². The molecule has 0 aromatic carbocycles. The van der Waals surface area contributed by atoms with Gasteiger partial charge in [-0.2, -0.15) is 0 Å². The Labute approximate surface area is 106 Å². The number of likely N-dealkylation sites (N-methyl/N-ethyl adjacent to an activating group) is 1. The second kappa shape index (κ2) is 4.75. The topological polar surface area (TPSA) is 24.9 Å². The summed E-state index contributed by atoms with van der Waals surface area (Å²) in [7, 11) is 0. The molecule has 90 valence electrons. The van der Waals surface area contributed by atoms with Crippen LogP contribution < -0.4 is 5.32 Å². The zero-order chi connectivity index (χ0) is 11.7. The molecule has 3 heteroatoms. The summed E-state index contributed by atoms with van der Waals surface area (Å²) in [6, 6.07) is 4.94. The number of rotatable bonds is 5. The Hall–Kier alpha value is -0.930. The molecule has 3 rings (SSSR count). The second-order valence-electron chi connectivity index (χ2n) is 4.80. The van der Waals surface area contributed by atoms with Crippen molar-refractivity contribution in [3.8, 4) is 0 Å². The molecule has 1 unspecified atom stereocenters. The van der Waals surface area contributed by atoms with Crippen LogP contribution in [-0.2, 0) is 6.42 Å². The molecule has 2 heterocycles. The van der Waals surface area contributed by atoms with Crippen molar-refractivity contribution < 1.29 is 0 Å². The van der Waals surface area contributed by atoms with Gasteiger partial charge >= 0.3 is 0 Å². The molecule has 1 aliphatic carbocycles. The summed E-state index contributed by atoms with van der Waals surface area (Å²) in [6.45, 7) is 3.24. The molecular formula is C14H18N2S. The third kappa shape index (κ3) is 2.35. The van der Waals surface area contributed by atoms with Crippen LogP contribution in [0.15, 0.2) is 23.7 Å². The molecule has 0 saturated heterocycles. The van der Waals surface area contributed by atoms with Crippen LogP contribution in [0.2, 0.25) is 0 Å². The zero-order valence-electron chi connectivity index (χ0n) is 10.1. The number of pyridine rings is 1. The SMILES string of the molecule is CCNC(Cc1nccc2sccc12)C1CC1. The van der Waals surface area contributed by atoms with E-state index in [1.54, 1.807) is 11.3 Å². The van der Waals surface area contributed by atoms with Gasteiger partial charge in [0.05, 0.1) is 5.69 Å². The van der Waals surface area contributed by atoms with Gasteiger partial charge in [0.1, 0.15) is 0 Å². The monoisotopic (exact) mass is 246 g/mol. The van der Waals surface area contributed by atoms with E-state index >= 15 is 0 Å². The van der Waals surface area contributed by atoms with Crippen molar-refractivity contribution in [1.29, 1.82) is 0 Å². The van der Waals surface area contributed by atoms with Crippen LogP contribution in [0.5, 0.6) is 0 Å². The van der Waals surface area contributed by atoms with Gasteiger partial charge in [-0.3, -0.25) is 4.98 Å². The minimum absolute atomic E-state index is 0.623. The standard InChI is InChI=1S/C14H18N2S/c1-2-15-12(10-3-4-10)9-13-11-6-8-17-14(11)5-7-16-13/h5-8,10,12,15H,2-4,9H2,1H3. The quantitative estimate of drug-likeness (QED) is 0.876. The van der Waals surface area contributed by atoms with Crippen LogP contribution in [0.25, 0.3) is 10.1 Å². The van der Waals surface area contributed by atoms with E-state index in [2.05, 4.69) is 34.7 Å². The summed E-state index contributed by atoms with van der Waals surface area (Å²) >= 11 is 1.81. The van der Waals surface area contributed by atoms with Crippen molar-refractivity contribution in [1.82, 2.24) is 10.3 Å². The lowest BCUT2D eigenvalue weighted by Crippen LogP contribution is -2.33. The normalized spacial score (nSPS) is 17.5. The van der Waals surface area contributed by atoms with Crippen molar-refractivity contribution in [2.24, 2.45) is 5.92 Å². The molecule has 2 aromatic rings. The molecule has 17 heavy (non-hydrogen) atoms. The average molecular weight is 246 g/mol. The van der Waals surface area contributed by atoms with Crippen molar-refractivity contribution in [3.63, 3.8) is 0 Å². The first-order valence-corrected chi connectivity index (χ1v) is 7.31. The number of hydrogen-bond acceptors (Lipinski definition) is 3. The third-order valence-corrected chi connectivity index (χ3v) is 4.42. The number of nitrogens with one attached hydrogen (secondary N) is 1. The number of hydrogen-bond donors (Lipinski definition) is 1. The minimum Gasteiger partial charge on any atom is -0.314 e. The third-order valence-electron chi connectivity index (χ3n) is 3.53. The highest BCUT2D eigenvalue weighted by Crippen LogP contribution is 2.35. The Morgan fingerprint density at radius 3 is 3.12 bits per heavy atom. The maximum absolute atomic E-state index is 4.58. The first-order chi connectivity index (χ1) is 8.38. The zero-order valence-corrected chi connectivity index (χ0v) is 11.0. The van der Waals surface area contributed by atoms with E-state index in [4.69, 9.17) is 0 Å². The summed E-state index contributed by atoms with van der Waals surface area (Å²) < 4.78 is 1.36. The van der Waals surface area contributed by atoms with Crippen molar-refractivity contribution in [3.05, 3.63) is 29.4 Å². The van der Waals surface area contributed by atoms with Crippen LogP contribution >= 0.6 is 11.3 Å². The number of nitrogens with zero attached hydrogens (tertiary/aromatic N) is 1. The Kier molecular flexibility index (Phi) is 3.12. The molecule has 1 aliphatic rings. The van der Waals surface area contributed by atoms with E-state index in [1.165, 1.54) is 28.6 Å². The largest absolute Gasteiger partial charge is 0.314 e. The van der Waals surface area contributed by atoms with E-state index in [-0.39, 0.29) is 0 Å². The molecule has 1 fully saturated rings. The fourth-order valence-corrected chi connectivity index (χ4v) is 3.29. The lowest BCUT2D eigenvalue weighted by atomic mass is 10.0. The van der Waals surface area contributed by atoms with Gasteiger partial charge in [-0.15, -0.1) is 11.3 Å². The van der Waals surface area contributed by atoms with Gasteiger partial charge in [0.15, 0.2) is 0 Å². The first-order valence-electron chi connectivity index (χ1n) is 6.43. The molecule has 1 atom stereocenters. The predicted octanol–water partition coefficient (Wildman–Crippen LogP) is 3.23. The van der Waals surface area contributed by atoms with Crippen molar-refractivity contribution >= 4 is 21.4 Å². The summed E-state index contributed by atoms with van der Waals surface area (Å²) in [6.07, 6.45) is 5.80. The van der Waals surface area contributed by atoms with E-state index in [9.17, 15) is 0 Å². The lowest BCUT2D eigenvalue weighted by Gasteiger charge is -2.17. The molecule has 0 radical (unpaired) electrons. The van der Waals surface area contributed by atoms with E-state index in [0.717, 1.165) is 18.9 Å². The average Bonchev–Trinajstić information content (AvgIpc) is 3.07. The van der Waals surface area contributed by atoms with Crippen LogP contribution in [-0.4, -0.2) is 17.6 Å². The highest BCUT2D eigenvalue weighted by atomic mass is 32.1. The summed E-state index contributed by atoms with van der Waals surface area (Å²) in [5.74, 6) is 0.880. The molecule has 0 amide bonds. The maximum Gasteiger partial charge on any atom is 0.0505 e. The van der Waals surface area contributed by atoms with Gasteiger partial charge in [0, 0.05) is 28.7 Å². The molecule has 1 saturated carbocycles. The molecule has 0 aliphatic heterocycles. The highest BCUT2D eigenvalue weighted by molar-refractivity contribution is 7.17. The smallest absolute Gasteiger partial charge is 0.0505 e. The summed E-state index contributed by atoms with van der Waals surface area (Å²) in [5.41, 5.74) is 1.27. The fourth-order valence-electron chi connectivity index (χ4n) is 2.49. The van der Waals surface area contributed by atoms with E-state index in [0.29, 0.717) is 6.04 Å². The van der Waals surface area contributed by atoms with Crippen LogP contribution in [0.1, 0.15) is 25.5 Å². The Bertz CT molecular complexity index is 502. The molecule has 1 N–H and O–H groups in total. The first kappa shape index (κ1) is 11.2. The molecule has 0 bridgehead atoms. The van der Waals surface area contributed by atoms with Gasteiger partial charge in [-0.25, -0.2) is 0 Å². The van der Waals surface area contributed by atoms with Gasteiger partial charge in [0.2, 0.25) is 0 Å². The predicted molar refractivity (Wildman–Crippen MR) is 73.5 cm³/mol. The van der Waals surface area contributed by atoms with Gasteiger partial charge in [-0.1, -0.05) is 6.92 Å². The summed E-state index contributed by atoms with van der Waals surface area (Å²) in [4.78, 5) is 4.58. The number of fused-ring (bicyclic) bond motifs is 1. The molecule has 0 spiro atoms. The van der Waals surface area contributed by atoms with Crippen LogP contribution in [0, 0.1) is 5.92 Å². The summed E-state index contributed by atoms with van der Waals surface area (Å²) in [5, 5.41) is 7.12. The Balaban J connectivity index is 1.85. The number of aromatic nitrogens is 1. The molecule has 2 nitrogen and oxygen atoms in total.